The number of hydrogen-bond acceptors (Lipinski definition) is 7. The molecule has 0 bridgehead atoms. The van der Waals surface area contributed by atoms with Gasteiger partial charge in [0.1, 0.15) is 18.1 Å². The number of hydrogen-bond donors (Lipinski definition) is 8. The third-order valence-electron chi connectivity index (χ3n) is 6.27. The number of aliphatic carboxylic acids is 2. The molecular formula is C26H38N6O7. The predicted octanol–water partition coefficient (Wildman–Crippen LogP) is -0.164. The lowest BCUT2D eigenvalue weighted by Crippen LogP contribution is -2.58. The summed E-state index contributed by atoms with van der Waals surface area (Å²) in [5.41, 5.74) is 13.2. The Morgan fingerprint density at radius 1 is 0.923 bits per heavy atom. The van der Waals surface area contributed by atoms with Gasteiger partial charge in [0.2, 0.25) is 17.7 Å². The van der Waals surface area contributed by atoms with Crippen LogP contribution < -0.4 is 27.4 Å². The Morgan fingerprint density at radius 3 is 2.21 bits per heavy atom. The molecule has 0 aliphatic heterocycles. The van der Waals surface area contributed by atoms with E-state index in [1.54, 1.807) is 20.0 Å². The maximum absolute atomic E-state index is 13.0. The number of aromatic nitrogens is 1. The van der Waals surface area contributed by atoms with Crippen molar-refractivity contribution in [2.24, 2.45) is 17.4 Å². The normalized spacial score (nSPS) is 14.3. The maximum Gasteiger partial charge on any atom is 0.326 e. The Labute approximate surface area is 226 Å². The molecule has 10 N–H and O–H groups in total. The topological polar surface area (TPSA) is 230 Å². The number of carboxylic acids is 2. The highest BCUT2D eigenvalue weighted by atomic mass is 16.4. The Balaban J connectivity index is 2.09. The van der Waals surface area contributed by atoms with Crippen molar-refractivity contribution in [3.8, 4) is 0 Å². The summed E-state index contributed by atoms with van der Waals surface area (Å²) >= 11 is 0. The molecule has 0 saturated carbocycles. The molecule has 3 amide bonds. The molecule has 2 aromatic rings. The molecule has 0 radical (unpaired) electrons. The van der Waals surface area contributed by atoms with Gasteiger partial charge >= 0.3 is 11.9 Å². The molecule has 0 saturated heterocycles. The van der Waals surface area contributed by atoms with Crippen molar-refractivity contribution in [3.63, 3.8) is 0 Å². The summed E-state index contributed by atoms with van der Waals surface area (Å²) in [6.45, 7) is 3.65. The van der Waals surface area contributed by atoms with Gasteiger partial charge in [0.15, 0.2) is 0 Å². The zero-order valence-electron chi connectivity index (χ0n) is 22.1. The summed E-state index contributed by atoms with van der Waals surface area (Å²) in [6.07, 6.45) is 2.34. The molecule has 0 fully saturated rings. The van der Waals surface area contributed by atoms with Crippen LogP contribution in [0.3, 0.4) is 0 Å². The van der Waals surface area contributed by atoms with Crippen LogP contribution in [0.15, 0.2) is 30.5 Å². The highest BCUT2D eigenvalue weighted by Gasteiger charge is 2.32. The summed E-state index contributed by atoms with van der Waals surface area (Å²) < 4.78 is 0. The van der Waals surface area contributed by atoms with Gasteiger partial charge in [0, 0.05) is 17.1 Å². The highest BCUT2D eigenvalue weighted by molar-refractivity contribution is 5.96. The number of fused-ring (bicyclic) bond motifs is 1. The molecule has 13 nitrogen and oxygen atoms in total. The summed E-state index contributed by atoms with van der Waals surface area (Å²) in [5, 5.41) is 26.9. The maximum atomic E-state index is 13.0. The fourth-order valence-corrected chi connectivity index (χ4v) is 4.09. The monoisotopic (exact) mass is 546 g/mol. The van der Waals surface area contributed by atoms with E-state index < -0.39 is 66.2 Å². The number of carboxylic acid groups (broad SMARTS) is 2. The lowest BCUT2D eigenvalue weighted by Gasteiger charge is -2.26. The van der Waals surface area contributed by atoms with Gasteiger partial charge in [-0.05, 0) is 49.8 Å². The van der Waals surface area contributed by atoms with Gasteiger partial charge < -0.3 is 42.6 Å². The van der Waals surface area contributed by atoms with E-state index in [1.807, 2.05) is 24.3 Å². The molecular weight excluding hydrogens is 508 g/mol. The number of nitrogens with two attached hydrogens (primary N) is 2. The van der Waals surface area contributed by atoms with Crippen LogP contribution in [0, 0.1) is 5.92 Å². The van der Waals surface area contributed by atoms with Crippen molar-refractivity contribution < 1.29 is 34.2 Å². The minimum atomic E-state index is -1.52. The summed E-state index contributed by atoms with van der Waals surface area (Å²) in [5.74, 6) is -5.44. The van der Waals surface area contributed by atoms with Gasteiger partial charge in [0.05, 0.1) is 12.5 Å². The Morgan fingerprint density at radius 2 is 1.59 bits per heavy atom. The first-order valence-electron chi connectivity index (χ1n) is 12.8. The molecule has 1 aromatic heterocycles. The number of rotatable bonds is 16. The SMILES string of the molecule is CC(C)C(NC(=O)C(CC(=O)O)NC(=O)C(N)Cc1c[nH]c2ccccc12)C(=O)NC(CCCCN)C(=O)O. The average Bonchev–Trinajstić information content (AvgIpc) is 3.28. The molecule has 0 aliphatic rings. The largest absolute Gasteiger partial charge is 0.481 e. The Kier molecular flexibility index (Phi) is 11.9. The van der Waals surface area contributed by atoms with Gasteiger partial charge in [-0.2, -0.15) is 0 Å². The smallest absolute Gasteiger partial charge is 0.326 e. The second-order valence-corrected chi connectivity index (χ2v) is 9.74. The molecule has 4 atom stereocenters. The van der Waals surface area contributed by atoms with Gasteiger partial charge in [0.25, 0.3) is 0 Å². The first-order valence-corrected chi connectivity index (χ1v) is 12.8. The molecule has 1 heterocycles. The standard InChI is InChI=1S/C26H38N6O7/c1-14(2)22(25(37)30-19(26(38)39)9-5-6-10-27)32-24(36)20(12-21(33)34)31-23(35)17(28)11-15-13-29-18-8-4-3-7-16(15)18/h3-4,7-8,13-14,17,19-20,22,29H,5-6,9-12,27-28H2,1-2H3,(H,30,37)(H,31,35)(H,32,36)(H,33,34)(H,38,39). The number of para-hydroxylation sites is 1. The zero-order valence-corrected chi connectivity index (χ0v) is 22.1. The van der Waals surface area contributed by atoms with E-state index in [-0.39, 0.29) is 12.8 Å². The lowest BCUT2D eigenvalue weighted by molar-refractivity contribution is -0.143. The molecule has 1 aromatic carbocycles. The van der Waals surface area contributed by atoms with E-state index >= 15 is 0 Å². The molecule has 4 unspecified atom stereocenters. The minimum absolute atomic E-state index is 0.134. The number of unbranched alkanes of at least 4 members (excludes halogenated alkanes) is 1. The first-order chi connectivity index (χ1) is 18.4. The summed E-state index contributed by atoms with van der Waals surface area (Å²) in [4.78, 5) is 64.9. The van der Waals surface area contributed by atoms with Crippen molar-refractivity contribution in [2.45, 2.75) is 70.1 Å². The van der Waals surface area contributed by atoms with Crippen LogP contribution in [-0.4, -0.2) is 75.6 Å². The molecule has 13 heteroatoms. The zero-order chi connectivity index (χ0) is 29.1. The third-order valence-corrected chi connectivity index (χ3v) is 6.27. The number of benzene rings is 1. The van der Waals surface area contributed by atoms with Gasteiger partial charge in [-0.3, -0.25) is 19.2 Å². The minimum Gasteiger partial charge on any atom is -0.481 e. The van der Waals surface area contributed by atoms with Crippen LogP contribution in [-0.2, 0) is 30.4 Å². The van der Waals surface area contributed by atoms with Gasteiger partial charge in [-0.15, -0.1) is 0 Å². The lowest BCUT2D eigenvalue weighted by atomic mass is 10.0. The van der Waals surface area contributed by atoms with Crippen molar-refractivity contribution in [2.75, 3.05) is 6.54 Å². The molecule has 0 aliphatic carbocycles. The van der Waals surface area contributed by atoms with Crippen LogP contribution in [0.4, 0.5) is 0 Å². The van der Waals surface area contributed by atoms with Crippen LogP contribution in [0.5, 0.6) is 0 Å². The van der Waals surface area contributed by atoms with E-state index in [4.69, 9.17) is 11.5 Å². The van der Waals surface area contributed by atoms with Crippen LogP contribution in [0.2, 0.25) is 0 Å². The molecule has 2 rings (SSSR count). The van der Waals surface area contributed by atoms with E-state index in [0.717, 1.165) is 16.5 Å². The van der Waals surface area contributed by atoms with E-state index in [2.05, 4.69) is 20.9 Å². The van der Waals surface area contributed by atoms with E-state index in [9.17, 15) is 34.2 Å². The number of aromatic amines is 1. The van der Waals surface area contributed by atoms with Crippen molar-refractivity contribution in [1.82, 2.24) is 20.9 Å². The van der Waals surface area contributed by atoms with Crippen molar-refractivity contribution in [3.05, 3.63) is 36.0 Å². The molecule has 214 valence electrons. The summed E-state index contributed by atoms with van der Waals surface area (Å²) in [7, 11) is 0. The fraction of sp³-hybridized carbons (Fsp3) is 0.500. The Hall–Kier alpha value is -3.97. The highest BCUT2D eigenvalue weighted by Crippen LogP contribution is 2.19. The van der Waals surface area contributed by atoms with Gasteiger partial charge in [-0.25, -0.2) is 4.79 Å². The molecule has 39 heavy (non-hydrogen) atoms. The van der Waals surface area contributed by atoms with Crippen molar-refractivity contribution in [1.29, 1.82) is 0 Å². The first kappa shape index (κ1) is 31.2. The fourth-order valence-electron chi connectivity index (χ4n) is 4.09. The molecule has 0 spiro atoms. The number of carbonyl (C=O) groups excluding carboxylic acids is 3. The number of amides is 3. The second-order valence-electron chi connectivity index (χ2n) is 9.74. The number of carbonyl (C=O) groups is 5. The van der Waals surface area contributed by atoms with E-state index in [1.165, 1.54) is 0 Å². The average molecular weight is 547 g/mol. The van der Waals surface area contributed by atoms with Crippen LogP contribution >= 0.6 is 0 Å². The summed E-state index contributed by atoms with van der Waals surface area (Å²) in [6, 6.07) is 2.49. The second kappa shape index (κ2) is 14.8. The van der Waals surface area contributed by atoms with Crippen molar-refractivity contribution >= 4 is 40.6 Å². The van der Waals surface area contributed by atoms with Crippen LogP contribution in [0.25, 0.3) is 10.9 Å². The Bertz CT molecular complexity index is 1160. The third kappa shape index (κ3) is 9.37. The van der Waals surface area contributed by atoms with Gasteiger partial charge in [-0.1, -0.05) is 32.0 Å². The predicted molar refractivity (Wildman–Crippen MR) is 143 cm³/mol. The number of H-pyrrole nitrogens is 1. The quantitative estimate of drug-likeness (QED) is 0.131. The van der Waals surface area contributed by atoms with Crippen LogP contribution in [0.1, 0.15) is 45.1 Å². The van der Waals surface area contributed by atoms with E-state index in [0.29, 0.717) is 19.4 Å². The number of nitrogens with one attached hydrogen (secondary N) is 4.